The Morgan fingerprint density at radius 2 is 1.53 bits per heavy atom. The minimum absolute atomic E-state index is 0.0119. The highest BCUT2D eigenvalue weighted by atomic mass is 16.6. The van der Waals surface area contributed by atoms with Gasteiger partial charge in [0, 0.05) is 19.4 Å². The second kappa shape index (κ2) is 17.4. The molecule has 2 rings (SSSR count). The number of aliphatic hydroxyl groups excluding tert-OH is 1. The summed E-state index contributed by atoms with van der Waals surface area (Å²) in [6.07, 6.45) is 4.97. The minimum Gasteiger partial charge on any atom is -0.469 e. The summed E-state index contributed by atoms with van der Waals surface area (Å²) in [6.45, 7) is 10.7. The van der Waals surface area contributed by atoms with Crippen LogP contribution in [0.5, 0.6) is 0 Å². The maximum Gasteiger partial charge on any atom is 0.312 e. The number of Topliss-reactive ketones (excluding diaryl/α,β-unsaturated/α-hetero) is 1. The summed E-state index contributed by atoms with van der Waals surface area (Å²) in [6, 6.07) is 0. The minimum atomic E-state index is -1.30. The van der Waals surface area contributed by atoms with E-state index in [0.29, 0.717) is 25.4 Å². The Bertz CT molecular complexity index is 1010. The highest BCUT2D eigenvalue weighted by molar-refractivity contribution is 5.82. The third-order valence-electron chi connectivity index (χ3n) is 9.38. The van der Waals surface area contributed by atoms with E-state index in [0.717, 1.165) is 32.1 Å². The SMILES string of the molecule is CCC(C)(CC(CC(C)(CC(C)(C)C(=O)OCC1CO1)C(=O)OC)C(=O)OCCCO)C(=O)OC1CCC(CCC(C)=O)CC1. The van der Waals surface area contributed by atoms with Gasteiger partial charge in [0.25, 0.3) is 0 Å². The van der Waals surface area contributed by atoms with Crippen molar-refractivity contribution in [3.05, 3.63) is 0 Å². The number of rotatable bonds is 20. The van der Waals surface area contributed by atoms with Gasteiger partial charge in [-0.15, -0.1) is 0 Å². The molecule has 0 amide bonds. The van der Waals surface area contributed by atoms with Crippen molar-refractivity contribution >= 4 is 29.7 Å². The van der Waals surface area contributed by atoms with Crippen molar-refractivity contribution in [3.63, 3.8) is 0 Å². The highest BCUT2D eigenvalue weighted by Gasteiger charge is 2.49. The van der Waals surface area contributed by atoms with Crippen LogP contribution in [-0.2, 0) is 47.7 Å². The summed E-state index contributed by atoms with van der Waals surface area (Å²) < 4.78 is 27.2. The van der Waals surface area contributed by atoms with Gasteiger partial charge in [-0.05, 0) is 98.3 Å². The topological polar surface area (TPSA) is 155 Å². The maximum absolute atomic E-state index is 13.7. The van der Waals surface area contributed by atoms with Crippen LogP contribution in [0.2, 0.25) is 0 Å². The molecule has 1 saturated carbocycles. The van der Waals surface area contributed by atoms with E-state index in [1.165, 1.54) is 7.11 Å². The molecule has 11 heteroatoms. The summed E-state index contributed by atoms with van der Waals surface area (Å²) in [5.74, 6) is -2.36. The van der Waals surface area contributed by atoms with Gasteiger partial charge >= 0.3 is 23.9 Å². The quantitative estimate of drug-likeness (QED) is 0.0849. The van der Waals surface area contributed by atoms with E-state index in [-0.39, 0.29) is 63.5 Å². The summed E-state index contributed by atoms with van der Waals surface area (Å²) in [4.78, 5) is 64.8. The molecule has 4 unspecified atom stereocenters. The van der Waals surface area contributed by atoms with Crippen molar-refractivity contribution in [1.82, 2.24) is 0 Å². The molecule has 1 aliphatic carbocycles. The Balaban J connectivity index is 2.22. The lowest BCUT2D eigenvalue weighted by Gasteiger charge is -2.38. The Morgan fingerprint density at radius 3 is 2.07 bits per heavy atom. The van der Waals surface area contributed by atoms with Crippen molar-refractivity contribution in [3.8, 4) is 0 Å². The van der Waals surface area contributed by atoms with Crippen LogP contribution in [0.25, 0.3) is 0 Å². The largest absolute Gasteiger partial charge is 0.469 e. The highest BCUT2D eigenvalue weighted by Crippen LogP contribution is 2.44. The van der Waals surface area contributed by atoms with Crippen molar-refractivity contribution in [2.45, 2.75) is 124 Å². The molecule has 1 saturated heterocycles. The molecule has 0 radical (unpaired) electrons. The number of esters is 4. The van der Waals surface area contributed by atoms with Gasteiger partial charge in [0.15, 0.2) is 0 Å². The number of aliphatic hydroxyl groups is 1. The molecule has 0 aromatic heterocycles. The van der Waals surface area contributed by atoms with Crippen LogP contribution in [-0.4, -0.2) is 80.5 Å². The summed E-state index contributed by atoms with van der Waals surface area (Å²) in [7, 11) is 1.26. The van der Waals surface area contributed by atoms with Crippen LogP contribution >= 0.6 is 0 Å². The molecule has 1 heterocycles. The zero-order valence-corrected chi connectivity index (χ0v) is 28.4. The van der Waals surface area contributed by atoms with Gasteiger partial charge in [-0.3, -0.25) is 19.2 Å². The fourth-order valence-corrected chi connectivity index (χ4v) is 6.34. The zero-order valence-electron chi connectivity index (χ0n) is 28.4. The number of hydrogen-bond acceptors (Lipinski definition) is 11. The van der Waals surface area contributed by atoms with Gasteiger partial charge in [0.05, 0.1) is 42.5 Å². The first-order valence-electron chi connectivity index (χ1n) is 16.4. The Hall–Kier alpha value is -2.53. The summed E-state index contributed by atoms with van der Waals surface area (Å²) in [5.41, 5.74) is -3.45. The van der Waals surface area contributed by atoms with Crippen LogP contribution in [0, 0.1) is 28.1 Å². The Morgan fingerprint density at radius 1 is 0.911 bits per heavy atom. The lowest BCUT2D eigenvalue weighted by atomic mass is 9.67. The molecule has 2 fully saturated rings. The Labute approximate surface area is 268 Å². The van der Waals surface area contributed by atoms with Crippen molar-refractivity contribution < 1.29 is 52.8 Å². The van der Waals surface area contributed by atoms with Gasteiger partial charge < -0.3 is 33.6 Å². The average Bonchev–Trinajstić information content (AvgIpc) is 3.83. The van der Waals surface area contributed by atoms with E-state index in [1.807, 2.05) is 6.92 Å². The third-order valence-corrected chi connectivity index (χ3v) is 9.38. The summed E-state index contributed by atoms with van der Waals surface area (Å²) >= 11 is 0. The third kappa shape index (κ3) is 12.3. The van der Waals surface area contributed by atoms with Crippen LogP contribution in [0.15, 0.2) is 0 Å². The lowest BCUT2D eigenvalue weighted by Crippen LogP contribution is -2.43. The molecule has 1 N–H and O–H groups in total. The molecule has 0 bridgehead atoms. The lowest BCUT2D eigenvalue weighted by molar-refractivity contribution is -0.167. The van der Waals surface area contributed by atoms with E-state index in [4.69, 9.17) is 23.7 Å². The molecule has 0 aromatic carbocycles. The van der Waals surface area contributed by atoms with E-state index < -0.39 is 46.0 Å². The molecule has 258 valence electrons. The molecule has 11 nitrogen and oxygen atoms in total. The maximum atomic E-state index is 13.7. The van der Waals surface area contributed by atoms with Crippen LogP contribution in [0.1, 0.15) is 112 Å². The van der Waals surface area contributed by atoms with E-state index in [9.17, 15) is 29.1 Å². The normalized spacial score (nSPS) is 23.1. The van der Waals surface area contributed by atoms with Crippen molar-refractivity contribution in [2.75, 3.05) is 33.5 Å². The molecule has 0 spiro atoms. The first-order valence-corrected chi connectivity index (χ1v) is 16.4. The number of epoxide rings is 1. The molecule has 4 atom stereocenters. The smallest absolute Gasteiger partial charge is 0.312 e. The second-order valence-electron chi connectivity index (χ2n) is 14.2. The van der Waals surface area contributed by atoms with E-state index in [2.05, 4.69) is 0 Å². The van der Waals surface area contributed by atoms with Crippen molar-refractivity contribution in [2.24, 2.45) is 28.1 Å². The standard InChI is InChI=1S/C34H56O11/c1-8-33(5,31(40)45-26-14-12-24(13-15-26)11-10-23(2)36)18-25(28(37)42-17-9-16-35)19-34(6,30(39)41-7)22-32(3,4)29(38)44-21-27-20-43-27/h24-27,35H,8-22H2,1-7H3. The van der Waals surface area contributed by atoms with Gasteiger partial charge in [0.2, 0.25) is 0 Å². The van der Waals surface area contributed by atoms with Gasteiger partial charge in [-0.2, -0.15) is 0 Å². The summed E-state index contributed by atoms with van der Waals surface area (Å²) in [5, 5.41) is 9.21. The number of ketones is 1. The number of ether oxygens (including phenoxy) is 5. The number of methoxy groups -OCH3 is 1. The predicted octanol–water partition coefficient (Wildman–Crippen LogP) is 4.73. The Kier molecular flexibility index (Phi) is 14.9. The second-order valence-corrected chi connectivity index (χ2v) is 14.2. The molecule has 45 heavy (non-hydrogen) atoms. The number of carbonyl (C=O) groups excluding carboxylic acids is 5. The van der Waals surface area contributed by atoms with Crippen LogP contribution in [0.3, 0.4) is 0 Å². The van der Waals surface area contributed by atoms with Gasteiger partial charge in [0.1, 0.15) is 24.6 Å². The molecule has 2 aliphatic rings. The van der Waals surface area contributed by atoms with E-state index in [1.54, 1.807) is 34.6 Å². The van der Waals surface area contributed by atoms with Crippen LogP contribution in [0.4, 0.5) is 0 Å². The number of carbonyl (C=O) groups is 5. The first kappa shape index (κ1) is 38.7. The first-order chi connectivity index (χ1) is 21.1. The fourth-order valence-electron chi connectivity index (χ4n) is 6.34. The molecular formula is C34H56O11. The van der Waals surface area contributed by atoms with Crippen molar-refractivity contribution in [1.29, 1.82) is 0 Å². The molecule has 1 aliphatic heterocycles. The number of hydrogen-bond donors (Lipinski definition) is 1. The van der Waals surface area contributed by atoms with E-state index >= 15 is 0 Å². The van der Waals surface area contributed by atoms with Gasteiger partial charge in [-0.1, -0.05) is 6.92 Å². The average molecular weight is 641 g/mol. The fraction of sp³-hybridized carbons (Fsp3) is 0.853. The predicted molar refractivity (Wildman–Crippen MR) is 165 cm³/mol. The molecular weight excluding hydrogens is 584 g/mol. The van der Waals surface area contributed by atoms with Gasteiger partial charge in [-0.25, -0.2) is 0 Å². The molecule has 0 aromatic rings. The zero-order chi connectivity index (χ0) is 33.8. The monoisotopic (exact) mass is 640 g/mol. The van der Waals surface area contributed by atoms with Crippen LogP contribution < -0.4 is 0 Å².